The number of carbonyl (C=O) groups is 1. The van der Waals surface area contributed by atoms with Crippen molar-refractivity contribution in [2.75, 3.05) is 6.26 Å². The third-order valence-electron chi connectivity index (χ3n) is 3.36. The molecule has 2 rings (SSSR count). The van der Waals surface area contributed by atoms with E-state index in [2.05, 4.69) is 0 Å². The van der Waals surface area contributed by atoms with Gasteiger partial charge in [0.15, 0.2) is 15.6 Å². The lowest BCUT2D eigenvalue weighted by molar-refractivity contribution is 0.0978. The van der Waals surface area contributed by atoms with Gasteiger partial charge >= 0.3 is 0 Å². The molecule has 0 amide bonds. The van der Waals surface area contributed by atoms with Gasteiger partial charge in [0.2, 0.25) is 4.21 Å². The molecule has 0 unspecified atom stereocenters. The lowest BCUT2D eigenvalue weighted by Crippen LogP contribution is -2.37. The van der Waals surface area contributed by atoms with Gasteiger partial charge in [-0.05, 0) is 18.1 Å². The summed E-state index contributed by atoms with van der Waals surface area (Å²) in [5.74, 6) is -0.619. The molecule has 0 aromatic heterocycles. The van der Waals surface area contributed by atoms with Crippen LogP contribution in [0.15, 0.2) is 54.6 Å². The van der Waals surface area contributed by atoms with Gasteiger partial charge in [0.05, 0.1) is 0 Å². The number of Topliss-reactive ketones (excluding diaryl/α,β-unsaturated/α-hetero) is 1. The van der Waals surface area contributed by atoms with E-state index in [0.717, 1.165) is 17.4 Å². The van der Waals surface area contributed by atoms with Gasteiger partial charge in [0.25, 0.3) is 0 Å². The molecule has 2 aromatic carbocycles. The maximum atomic E-state index is 12.2. The number of sulfone groups is 1. The lowest BCUT2D eigenvalue weighted by atomic mass is 10.0. The van der Waals surface area contributed by atoms with Crippen LogP contribution in [0.3, 0.4) is 0 Å². The van der Waals surface area contributed by atoms with Crippen molar-refractivity contribution in [2.45, 2.75) is 11.1 Å². The molecule has 110 valence electrons. The zero-order valence-electron chi connectivity index (χ0n) is 11.7. The second-order valence-corrected chi connectivity index (χ2v) is 8.30. The van der Waals surface area contributed by atoms with Crippen LogP contribution in [0.5, 0.6) is 0 Å². The van der Waals surface area contributed by atoms with Crippen molar-refractivity contribution in [3.63, 3.8) is 0 Å². The minimum atomic E-state index is -3.70. The van der Waals surface area contributed by atoms with E-state index in [0.29, 0.717) is 0 Å². The van der Waals surface area contributed by atoms with Crippen LogP contribution in [-0.2, 0) is 9.84 Å². The van der Waals surface area contributed by atoms with E-state index >= 15 is 0 Å². The summed E-state index contributed by atoms with van der Waals surface area (Å²) in [7, 11) is -3.70. The highest BCUT2D eigenvalue weighted by molar-refractivity contribution is 7.94. The Kier molecular flexibility index (Phi) is 4.21. The largest absolute Gasteiger partial charge is 0.291 e. The summed E-state index contributed by atoms with van der Waals surface area (Å²) in [6.07, 6.45) is 0.955. The fourth-order valence-electron chi connectivity index (χ4n) is 1.87. The van der Waals surface area contributed by atoms with Crippen LogP contribution in [0.1, 0.15) is 17.3 Å². The summed E-state index contributed by atoms with van der Waals surface area (Å²) in [5.41, 5.74) is 2.24. The van der Waals surface area contributed by atoms with Gasteiger partial charge < -0.3 is 0 Å². The monoisotopic (exact) mass is 322 g/mol. The molecule has 3 nitrogen and oxygen atoms in total. The van der Waals surface area contributed by atoms with Crippen molar-refractivity contribution in [1.82, 2.24) is 0 Å². The van der Waals surface area contributed by atoms with Crippen LogP contribution < -0.4 is 0 Å². The van der Waals surface area contributed by atoms with E-state index in [9.17, 15) is 13.2 Å². The van der Waals surface area contributed by atoms with Crippen LogP contribution in [-0.4, -0.2) is 24.7 Å². The average molecular weight is 323 g/mol. The molecule has 0 bridgehead atoms. The topological polar surface area (TPSA) is 51.2 Å². The molecule has 0 saturated carbocycles. The zero-order valence-corrected chi connectivity index (χ0v) is 13.3. The number of halogens is 1. The molecule has 5 heteroatoms. The highest BCUT2D eigenvalue weighted by atomic mass is 35.5. The third kappa shape index (κ3) is 3.17. The minimum Gasteiger partial charge on any atom is -0.291 e. The van der Waals surface area contributed by atoms with Crippen molar-refractivity contribution in [3.05, 3.63) is 60.2 Å². The number of rotatable bonds is 4. The van der Waals surface area contributed by atoms with E-state index in [1.165, 1.54) is 6.92 Å². The van der Waals surface area contributed by atoms with Gasteiger partial charge in [-0.1, -0.05) is 66.2 Å². The SMILES string of the molecule is C[C@](Cl)(C(=O)c1ccc(-c2ccccc2)cc1)S(C)(=O)=O. The number of ketones is 1. The first-order chi connectivity index (χ1) is 9.73. The zero-order chi connectivity index (χ0) is 15.7. The fourth-order valence-corrected chi connectivity index (χ4v) is 2.43. The van der Waals surface area contributed by atoms with E-state index in [-0.39, 0.29) is 5.56 Å². The van der Waals surface area contributed by atoms with Crippen molar-refractivity contribution in [3.8, 4) is 11.1 Å². The predicted octanol–water partition coefficient (Wildman–Crippen LogP) is 3.54. The average Bonchev–Trinajstić information content (AvgIpc) is 2.46. The molecule has 21 heavy (non-hydrogen) atoms. The van der Waals surface area contributed by atoms with E-state index in [1.54, 1.807) is 24.3 Å². The predicted molar refractivity (Wildman–Crippen MR) is 85.3 cm³/mol. The molecule has 0 aliphatic carbocycles. The molecule has 0 radical (unpaired) electrons. The molecule has 0 aliphatic heterocycles. The van der Waals surface area contributed by atoms with Crippen LogP contribution in [0.25, 0.3) is 11.1 Å². The maximum absolute atomic E-state index is 12.2. The van der Waals surface area contributed by atoms with Crippen LogP contribution >= 0.6 is 11.6 Å². The Morgan fingerprint density at radius 1 is 0.952 bits per heavy atom. The number of benzene rings is 2. The fraction of sp³-hybridized carbons (Fsp3) is 0.188. The van der Waals surface area contributed by atoms with Gasteiger partial charge in [-0.25, -0.2) is 8.42 Å². The summed E-state index contributed by atoms with van der Waals surface area (Å²) in [6.45, 7) is 1.21. The summed E-state index contributed by atoms with van der Waals surface area (Å²) in [6, 6.07) is 16.4. The lowest BCUT2D eigenvalue weighted by Gasteiger charge is -2.18. The molecule has 0 spiro atoms. The first kappa shape index (κ1) is 15.7. The normalized spacial score (nSPS) is 14.4. The van der Waals surface area contributed by atoms with Crippen LogP contribution in [0, 0.1) is 0 Å². The van der Waals surface area contributed by atoms with E-state index in [1.807, 2.05) is 30.3 Å². The smallest absolute Gasteiger partial charge is 0.204 e. The number of alkyl halides is 1. The Labute approximate surface area is 129 Å². The molecule has 0 fully saturated rings. The van der Waals surface area contributed by atoms with Crippen molar-refractivity contribution >= 4 is 27.2 Å². The molecule has 0 saturated heterocycles. The first-order valence-corrected chi connectivity index (χ1v) is 8.59. The number of hydrogen-bond donors (Lipinski definition) is 0. The van der Waals surface area contributed by atoms with E-state index < -0.39 is 19.8 Å². The Morgan fingerprint density at radius 3 is 1.90 bits per heavy atom. The summed E-state index contributed by atoms with van der Waals surface area (Å²) >= 11 is 5.92. The highest BCUT2D eigenvalue weighted by Gasteiger charge is 2.41. The Morgan fingerprint density at radius 2 is 1.43 bits per heavy atom. The Balaban J connectivity index is 2.34. The van der Waals surface area contributed by atoms with Gasteiger partial charge in [-0.2, -0.15) is 0 Å². The maximum Gasteiger partial charge on any atom is 0.204 e. The molecular weight excluding hydrogens is 308 g/mol. The number of carbonyl (C=O) groups excluding carboxylic acids is 1. The highest BCUT2D eigenvalue weighted by Crippen LogP contribution is 2.28. The Hall–Kier alpha value is -1.65. The third-order valence-corrected chi connectivity index (χ3v) is 5.95. The van der Waals surface area contributed by atoms with E-state index in [4.69, 9.17) is 11.6 Å². The van der Waals surface area contributed by atoms with Crippen LogP contribution in [0.4, 0.5) is 0 Å². The van der Waals surface area contributed by atoms with Gasteiger partial charge in [0, 0.05) is 11.8 Å². The minimum absolute atomic E-state index is 0.276. The quantitative estimate of drug-likeness (QED) is 0.639. The van der Waals surface area contributed by atoms with Crippen LogP contribution in [0.2, 0.25) is 0 Å². The molecule has 1 atom stereocenters. The van der Waals surface area contributed by atoms with Gasteiger partial charge in [0.1, 0.15) is 0 Å². The van der Waals surface area contributed by atoms with Crippen molar-refractivity contribution in [1.29, 1.82) is 0 Å². The summed E-state index contributed by atoms with van der Waals surface area (Å²) in [5, 5.41) is 0. The summed E-state index contributed by atoms with van der Waals surface area (Å²) in [4.78, 5) is 12.2. The molecule has 0 aliphatic rings. The molecular formula is C16H15ClO3S. The van der Waals surface area contributed by atoms with Gasteiger partial charge in [-0.15, -0.1) is 0 Å². The van der Waals surface area contributed by atoms with Crippen molar-refractivity contribution in [2.24, 2.45) is 0 Å². The Bertz CT molecular complexity index is 748. The number of hydrogen-bond acceptors (Lipinski definition) is 3. The van der Waals surface area contributed by atoms with Gasteiger partial charge in [-0.3, -0.25) is 4.79 Å². The standard InChI is InChI=1S/C16H15ClO3S/c1-16(17,21(2,19)20)15(18)14-10-8-13(9-11-14)12-6-4-3-5-7-12/h3-11H,1-2H3/t16-/m1/s1. The molecule has 0 heterocycles. The molecule has 2 aromatic rings. The first-order valence-electron chi connectivity index (χ1n) is 6.32. The second-order valence-electron chi connectivity index (χ2n) is 4.96. The second kappa shape index (κ2) is 5.62. The van der Waals surface area contributed by atoms with Crippen molar-refractivity contribution < 1.29 is 13.2 Å². The molecule has 0 N–H and O–H groups in total. The summed E-state index contributed by atoms with van der Waals surface area (Å²) < 4.78 is 21.3.